The van der Waals surface area contributed by atoms with Crippen molar-refractivity contribution in [1.82, 2.24) is 0 Å². The van der Waals surface area contributed by atoms with Crippen LogP contribution in [0.15, 0.2) is 60.0 Å². The maximum absolute atomic E-state index is 13.3. The predicted octanol–water partition coefficient (Wildman–Crippen LogP) is 4.60. The lowest BCUT2D eigenvalue weighted by Crippen LogP contribution is -2.35. The van der Waals surface area contributed by atoms with Gasteiger partial charge >= 0.3 is 0 Å². The summed E-state index contributed by atoms with van der Waals surface area (Å²) >= 11 is 1.38. The number of hydrogen-bond donors (Lipinski definition) is 1. The second-order valence-corrected chi connectivity index (χ2v) is 7.49. The van der Waals surface area contributed by atoms with Gasteiger partial charge in [-0.2, -0.15) is 0 Å². The number of aryl methyl sites for hydroxylation is 1. The van der Waals surface area contributed by atoms with E-state index in [2.05, 4.69) is 5.32 Å². The van der Waals surface area contributed by atoms with Crippen LogP contribution in [-0.2, 0) is 6.42 Å². The molecule has 2 amide bonds. The van der Waals surface area contributed by atoms with E-state index in [1.807, 2.05) is 29.6 Å². The van der Waals surface area contributed by atoms with E-state index in [1.54, 1.807) is 42.3 Å². The quantitative estimate of drug-likeness (QED) is 0.706. The second-order valence-electron chi connectivity index (χ2n) is 6.54. The lowest BCUT2D eigenvalue weighted by Gasteiger charge is -2.31. The first-order valence-corrected chi connectivity index (χ1v) is 9.98. The zero-order valence-corrected chi connectivity index (χ0v) is 16.3. The highest BCUT2D eigenvalue weighted by Gasteiger charge is 2.27. The number of benzene rings is 2. The van der Waals surface area contributed by atoms with Crippen LogP contribution < -0.4 is 15.0 Å². The Kier molecular flexibility index (Phi) is 5.12. The van der Waals surface area contributed by atoms with Crippen LogP contribution in [0.1, 0.15) is 32.0 Å². The van der Waals surface area contributed by atoms with Gasteiger partial charge in [0.05, 0.1) is 17.7 Å². The summed E-state index contributed by atoms with van der Waals surface area (Å²) in [6.07, 6.45) is 1.83. The molecule has 2 heterocycles. The molecular formula is C22H20N2O3S. The van der Waals surface area contributed by atoms with Gasteiger partial charge in [-0.25, -0.2) is 0 Å². The van der Waals surface area contributed by atoms with Crippen molar-refractivity contribution in [3.63, 3.8) is 0 Å². The number of methoxy groups -OCH3 is 1. The van der Waals surface area contributed by atoms with E-state index in [-0.39, 0.29) is 11.8 Å². The van der Waals surface area contributed by atoms with E-state index >= 15 is 0 Å². The maximum Gasteiger partial charge on any atom is 0.265 e. The van der Waals surface area contributed by atoms with E-state index in [4.69, 9.17) is 4.74 Å². The van der Waals surface area contributed by atoms with Crippen molar-refractivity contribution >= 4 is 34.5 Å². The van der Waals surface area contributed by atoms with Crippen LogP contribution in [0.3, 0.4) is 0 Å². The summed E-state index contributed by atoms with van der Waals surface area (Å²) in [6.45, 7) is 0.637. The summed E-state index contributed by atoms with van der Waals surface area (Å²) in [5.41, 5.74) is 3.08. The maximum atomic E-state index is 13.3. The van der Waals surface area contributed by atoms with Gasteiger partial charge in [0.2, 0.25) is 0 Å². The minimum Gasteiger partial charge on any atom is -0.495 e. The van der Waals surface area contributed by atoms with Crippen molar-refractivity contribution in [3.05, 3.63) is 76.0 Å². The Morgan fingerprint density at radius 3 is 2.75 bits per heavy atom. The molecule has 0 radical (unpaired) electrons. The minimum atomic E-state index is -0.176. The van der Waals surface area contributed by atoms with E-state index in [0.717, 1.165) is 24.1 Å². The summed E-state index contributed by atoms with van der Waals surface area (Å²) in [5, 5.41) is 4.72. The zero-order valence-electron chi connectivity index (χ0n) is 15.5. The van der Waals surface area contributed by atoms with Crippen molar-refractivity contribution in [3.8, 4) is 5.75 Å². The number of carbonyl (C=O) groups is 2. The van der Waals surface area contributed by atoms with Gasteiger partial charge in [-0.05, 0) is 54.1 Å². The first kappa shape index (κ1) is 18.3. The number of hydrogen-bond acceptors (Lipinski definition) is 4. The molecule has 6 heteroatoms. The fraction of sp³-hybridized carbons (Fsp3) is 0.182. The lowest BCUT2D eigenvalue weighted by atomic mass is 10.00. The highest BCUT2D eigenvalue weighted by Crippen LogP contribution is 2.37. The van der Waals surface area contributed by atoms with Crippen molar-refractivity contribution in [2.75, 3.05) is 23.9 Å². The summed E-state index contributed by atoms with van der Waals surface area (Å²) in [7, 11) is 1.62. The number of para-hydroxylation sites is 1. The smallest absolute Gasteiger partial charge is 0.265 e. The first-order chi connectivity index (χ1) is 13.7. The molecule has 0 spiro atoms. The Labute approximate surface area is 167 Å². The Balaban J connectivity index is 1.61. The molecule has 0 bridgehead atoms. The van der Waals surface area contributed by atoms with Gasteiger partial charge in [0.1, 0.15) is 5.75 Å². The molecule has 0 saturated carbocycles. The average Bonchev–Trinajstić information content (AvgIpc) is 3.27. The Morgan fingerprint density at radius 2 is 1.96 bits per heavy atom. The number of amides is 2. The molecular weight excluding hydrogens is 372 g/mol. The minimum absolute atomic E-state index is 0.0994. The van der Waals surface area contributed by atoms with Crippen molar-refractivity contribution < 1.29 is 14.3 Å². The molecule has 4 rings (SSSR count). The molecule has 1 aliphatic heterocycles. The van der Waals surface area contributed by atoms with Crippen LogP contribution in [0, 0.1) is 0 Å². The number of anilines is 2. The third-order valence-corrected chi connectivity index (χ3v) is 5.63. The molecule has 0 saturated heterocycles. The van der Waals surface area contributed by atoms with Crippen LogP contribution in [-0.4, -0.2) is 25.5 Å². The lowest BCUT2D eigenvalue weighted by molar-refractivity contribution is 0.0982. The number of rotatable bonds is 4. The Bertz CT molecular complexity index is 1000. The Morgan fingerprint density at radius 1 is 1.11 bits per heavy atom. The summed E-state index contributed by atoms with van der Waals surface area (Å²) < 4.78 is 5.50. The SMILES string of the molecule is COc1cccc2c1N(C(=O)c1cccc(NC(=O)c3cccs3)c1)CCC2. The number of nitrogens with zero attached hydrogens (tertiary/aromatic N) is 1. The van der Waals surface area contributed by atoms with Gasteiger partial charge in [-0.1, -0.05) is 24.3 Å². The second kappa shape index (κ2) is 7.86. The molecule has 1 aromatic heterocycles. The van der Waals surface area contributed by atoms with Crippen LogP contribution in [0.5, 0.6) is 5.75 Å². The number of nitrogens with one attached hydrogen (secondary N) is 1. The summed E-state index contributed by atoms with van der Waals surface area (Å²) in [5.74, 6) is 0.426. The highest BCUT2D eigenvalue weighted by molar-refractivity contribution is 7.12. The molecule has 0 atom stereocenters. The topological polar surface area (TPSA) is 58.6 Å². The summed E-state index contributed by atoms with van der Waals surface area (Å²) in [6, 6.07) is 16.5. The molecule has 0 aliphatic carbocycles. The third kappa shape index (κ3) is 3.51. The van der Waals surface area contributed by atoms with Crippen molar-refractivity contribution in [2.24, 2.45) is 0 Å². The van der Waals surface area contributed by atoms with Gasteiger partial charge in [-0.15, -0.1) is 11.3 Å². The monoisotopic (exact) mass is 392 g/mol. The average molecular weight is 392 g/mol. The normalized spacial score (nSPS) is 13.0. The van der Waals surface area contributed by atoms with Crippen LogP contribution in [0.25, 0.3) is 0 Å². The molecule has 0 unspecified atom stereocenters. The predicted molar refractivity (Wildman–Crippen MR) is 112 cm³/mol. The Hall–Kier alpha value is -3.12. The van der Waals surface area contributed by atoms with E-state index in [1.165, 1.54) is 11.3 Å². The van der Waals surface area contributed by atoms with Crippen LogP contribution >= 0.6 is 11.3 Å². The number of ether oxygens (including phenoxy) is 1. The van der Waals surface area contributed by atoms with E-state index < -0.39 is 0 Å². The van der Waals surface area contributed by atoms with E-state index in [9.17, 15) is 9.59 Å². The number of fused-ring (bicyclic) bond motifs is 1. The van der Waals surface area contributed by atoms with Crippen LogP contribution in [0.4, 0.5) is 11.4 Å². The molecule has 5 nitrogen and oxygen atoms in total. The van der Waals surface area contributed by atoms with E-state index in [0.29, 0.717) is 28.4 Å². The zero-order chi connectivity index (χ0) is 19.5. The third-order valence-electron chi connectivity index (χ3n) is 4.76. The fourth-order valence-corrected chi connectivity index (χ4v) is 4.09. The molecule has 142 valence electrons. The molecule has 28 heavy (non-hydrogen) atoms. The molecule has 1 N–H and O–H groups in total. The number of thiophene rings is 1. The largest absolute Gasteiger partial charge is 0.495 e. The van der Waals surface area contributed by atoms with Crippen LogP contribution in [0.2, 0.25) is 0 Å². The van der Waals surface area contributed by atoms with Gasteiger partial charge in [0, 0.05) is 17.8 Å². The van der Waals surface area contributed by atoms with Gasteiger partial charge in [0.25, 0.3) is 11.8 Å². The van der Waals surface area contributed by atoms with Gasteiger partial charge < -0.3 is 15.0 Å². The molecule has 0 fully saturated rings. The summed E-state index contributed by atoms with van der Waals surface area (Å²) in [4.78, 5) is 28.0. The molecule has 1 aliphatic rings. The van der Waals surface area contributed by atoms with Crippen molar-refractivity contribution in [2.45, 2.75) is 12.8 Å². The highest BCUT2D eigenvalue weighted by atomic mass is 32.1. The number of carbonyl (C=O) groups excluding carboxylic acids is 2. The molecule has 3 aromatic rings. The standard InChI is InChI=1S/C22H20N2O3S/c1-27-18-10-3-6-15-8-4-12-24(20(15)18)22(26)16-7-2-9-17(14-16)23-21(25)19-11-5-13-28-19/h2-3,5-7,9-11,13-14H,4,8,12H2,1H3,(H,23,25). The van der Waals surface area contributed by atoms with Crippen molar-refractivity contribution in [1.29, 1.82) is 0 Å². The van der Waals surface area contributed by atoms with Gasteiger partial charge in [0.15, 0.2) is 0 Å². The fourth-order valence-electron chi connectivity index (χ4n) is 3.47. The molecule has 2 aromatic carbocycles. The van der Waals surface area contributed by atoms with Gasteiger partial charge in [-0.3, -0.25) is 9.59 Å². The first-order valence-electron chi connectivity index (χ1n) is 9.10.